The first-order valence-electron chi connectivity index (χ1n) is 6.23. The van der Waals surface area contributed by atoms with Crippen LogP contribution in [-0.4, -0.2) is 19.9 Å². The molecule has 1 aromatic carbocycles. The van der Waals surface area contributed by atoms with Crippen LogP contribution < -0.4 is 0 Å². The molecule has 0 radical (unpaired) electrons. The summed E-state index contributed by atoms with van der Waals surface area (Å²) in [6.07, 6.45) is 3.63. The third-order valence-corrected chi connectivity index (χ3v) is 3.18. The van der Waals surface area contributed by atoms with Gasteiger partial charge in [-0.3, -0.25) is 9.67 Å². The van der Waals surface area contributed by atoms with Gasteiger partial charge in [-0.05, 0) is 29.8 Å². The summed E-state index contributed by atoms with van der Waals surface area (Å²) < 4.78 is 1.74. The lowest BCUT2D eigenvalue weighted by atomic mass is 10.0. The second-order valence-corrected chi connectivity index (χ2v) is 4.66. The third kappa shape index (κ3) is 2.48. The van der Waals surface area contributed by atoms with Crippen molar-refractivity contribution in [1.82, 2.24) is 14.8 Å². The molecule has 1 atom stereocenters. The molecular weight excluding hydrogens is 238 g/mol. The fourth-order valence-electron chi connectivity index (χ4n) is 2.19. The van der Waals surface area contributed by atoms with Crippen LogP contribution in [0.25, 0.3) is 10.9 Å². The predicted octanol–water partition coefficient (Wildman–Crippen LogP) is 2.24. The number of hydrogen-bond acceptors (Lipinski definition) is 3. The molecule has 0 aliphatic heterocycles. The van der Waals surface area contributed by atoms with E-state index in [0.29, 0.717) is 6.42 Å². The Morgan fingerprint density at radius 2 is 2.16 bits per heavy atom. The number of aliphatic hydroxyl groups is 1. The van der Waals surface area contributed by atoms with Gasteiger partial charge in [-0.2, -0.15) is 5.10 Å². The summed E-state index contributed by atoms with van der Waals surface area (Å²) >= 11 is 0. The molecule has 3 aromatic rings. The predicted molar refractivity (Wildman–Crippen MR) is 73.6 cm³/mol. The van der Waals surface area contributed by atoms with Gasteiger partial charge in [-0.15, -0.1) is 0 Å². The van der Waals surface area contributed by atoms with E-state index in [9.17, 15) is 5.11 Å². The molecule has 2 aromatic heterocycles. The van der Waals surface area contributed by atoms with Gasteiger partial charge in [-0.25, -0.2) is 0 Å². The van der Waals surface area contributed by atoms with E-state index in [0.717, 1.165) is 22.2 Å². The quantitative estimate of drug-likeness (QED) is 0.779. The Balaban J connectivity index is 1.86. The van der Waals surface area contributed by atoms with Crippen molar-refractivity contribution in [3.8, 4) is 0 Å². The summed E-state index contributed by atoms with van der Waals surface area (Å²) in [6.45, 7) is 0. The fraction of sp³-hybridized carbons (Fsp3) is 0.200. The topological polar surface area (TPSA) is 50.9 Å². The van der Waals surface area contributed by atoms with Gasteiger partial charge >= 0.3 is 0 Å². The molecule has 1 N–H and O–H groups in total. The molecule has 0 amide bonds. The Labute approximate surface area is 111 Å². The highest BCUT2D eigenvalue weighted by molar-refractivity contribution is 5.79. The average molecular weight is 253 g/mol. The lowest BCUT2D eigenvalue weighted by molar-refractivity contribution is 0.177. The number of aliphatic hydroxyl groups excluding tert-OH is 1. The number of nitrogens with zero attached hydrogens (tertiary/aromatic N) is 3. The molecule has 2 heterocycles. The molecule has 0 saturated heterocycles. The maximum Gasteiger partial charge on any atom is 0.0846 e. The molecule has 0 fully saturated rings. The molecule has 0 spiro atoms. The molecular formula is C15H15N3O. The minimum absolute atomic E-state index is 0.520. The van der Waals surface area contributed by atoms with Crippen molar-refractivity contribution in [1.29, 1.82) is 0 Å². The second kappa shape index (κ2) is 4.82. The van der Waals surface area contributed by atoms with Gasteiger partial charge in [0, 0.05) is 31.2 Å². The number of rotatable bonds is 3. The van der Waals surface area contributed by atoms with E-state index >= 15 is 0 Å². The molecule has 0 aliphatic rings. The number of hydrogen-bond donors (Lipinski definition) is 1. The van der Waals surface area contributed by atoms with Gasteiger partial charge in [0.2, 0.25) is 0 Å². The Morgan fingerprint density at radius 3 is 2.95 bits per heavy atom. The Bertz CT molecular complexity index is 705. The number of pyridine rings is 1. The minimum atomic E-state index is -0.542. The Kier molecular flexibility index (Phi) is 3.01. The number of fused-ring (bicyclic) bond motifs is 1. The molecule has 1 unspecified atom stereocenters. The fourth-order valence-corrected chi connectivity index (χ4v) is 2.19. The zero-order valence-corrected chi connectivity index (χ0v) is 10.7. The Morgan fingerprint density at radius 1 is 1.26 bits per heavy atom. The average Bonchev–Trinajstić information content (AvgIpc) is 2.83. The van der Waals surface area contributed by atoms with Crippen molar-refractivity contribution in [2.24, 2.45) is 7.05 Å². The van der Waals surface area contributed by atoms with Crippen LogP contribution in [0.3, 0.4) is 0 Å². The summed E-state index contributed by atoms with van der Waals surface area (Å²) in [7, 11) is 1.87. The molecule has 19 heavy (non-hydrogen) atoms. The summed E-state index contributed by atoms with van der Waals surface area (Å²) in [6, 6.07) is 11.7. The molecule has 0 saturated carbocycles. The van der Waals surface area contributed by atoms with E-state index in [1.54, 1.807) is 10.9 Å². The van der Waals surface area contributed by atoms with Crippen LogP contribution in [0.5, 0.6) is 0 Å². The highest BCUT2D eigenvalue weighted by Gasteiger charge is 2.11. The van der Waals surface area contributed by atoms with Crippen molar-refractivity contribution < 1.29 is 5.11 Å². The lowest BCUT2D eigenvalue weighted by Gasteiger charge is -2.10. The van der Waals surface area contributed by atoms with Crippen LogP contribution >= 0.6 is 0 Å². The van der Waals surface area contributed by atoms with Gasteiger partial charge in [-0.1, -0.05) is 12.1 Å². The largest absolute Gasteiger partial charge is 0.388 e. The minimum Gasteiger partial charge on any atom is -0.388 e. The maximum atomic E-state index is 10.3. The maximum absolute atomic E-state index is 10.3. The third-order valence-electron chi connectivity index (χ3n) is 3.18. The van der Waals surface area contributed by atoms with Crippen molar-refractivity contribution in [2.75, 3.05) is 0 Å². The second-order valence-electron chi connectivity index (χ2n) is 4.66. The molecule has 3 rings (SSSR count). The summed E-state index contributed by atoms with van der Waals surface area (Å²) in [4.78, 5) is 4.27. The normalized spacial score (nSPS) is 12.7. The van der Waals surface area contributed by atoms with Crippen molar-refractivity contribution >= 4 is 10.9 Å². The molecule has 0 aliphatic carbocycles. The van der Waals surface area contributed by atoms with E-state index in [4.69, 9.17) is 0 Å². The van der Waals surface area contributed by atoms with Crippen LogP contribution in [0.15, 0.2) is 48.8 Å². The number of aromatic nitrogens is 3. The highest BCUT2D eigenvalue weighted by atomic mass is 16.3. The standard InChI is InChI=1S/C15H15N3O/c1-18-8-6-13(17-18)10-15(19)12-4-5-14-11(9-12)3-2-7-16-14/h2-9,15,19H,10H2,1H3. The molecule has 0 bridgehead atoms. The first kappa shape index (κ1) is 11.9. The van der Waals surface area contributed by atoms with E-state index in [-0.39, 0.29) is 0 Å². The van der Waals surface area contributed by atoms with E-state index in [1.807, 2.05) is 49.6 Å². The smallest absolute Gasteiger partial charge is 0.0846 e. The number of benzene rings is 1. The van der Waals surface area contributed by atoms with Crippen LogP contribution in [0.2, 0.25) is 0 Å². The molecule has 4 nitrogen and oxygen atoms in total. The lowest BCUT2D eigenvalue weighted by Crippen LogP contribution is -2.03. The summed E-state index contributed by atoms with van der Waals surface area (Å²) in [5, 5.41) is 15.6. The van der Waals surface area contributed by atoms with E-state index in [1.165, 1.54) is 0 Å². The van der Waals surface area contributed by atoms with Crippen molar-refractivity contribution in [3.63, 3.8) is 0 Å². The first-order chi connectivity index (χ1) is 9.22. The zero-order chi connectivity index (χ0) is 13.2. The number of aryl methyl sites for hydroxylation is 1. The van der Waals surface area contributed by atoms with Crippen molar-refractivity contribution in [3.05, 3.63) is 60.0 Å². The van der Waals surface area contributed by atoms with Crippen LogP contribution in [-0.2, 0) is 13.5 Å². The van der Waals surface area contributed by atoms with Gasteiger partial charge in [0.25, 0.3) is 0 Å². The van der Waals surface area contributed by atoms with Gasteiger partial charge in [0.05, 0.1) is 17.3 Å². The van der Waals surface area contributed by atoms with Crippen molar-refractivity contribution in [2.45, 2.75) is 12.5 Å². The van der Waals surface area contributed by atoms with Crippen LogP contribution in [0.4, 0.5) is 0 Å². The zero-order valence-electron chi connectivity index (χ0n) is 10.7. The van der Waals surface area contributed by atoms with Gasteiger partial charge < -0.3 is 5.11 Å². The molecule has 4 heteroatoms. The van der Waals surface area contributed by atoms with Crippen LogP contribution in [0, 0.1) is 0 Å². The summed E-state index contributed by atoms with van der Waals surface area (Å²) in [5.74, 6) is 0. The highest BCUT2D eigenvalue weighted by Crippen LogP contribution is 2.21. The van der Waals surface area contributed by atoms with Crippen LogP contribution in [0.1, 0.15) is 17.4 Å². The monoisotopic (exact) mass is 253 g/mol. The van der Waals surface area contributed by atoms with Gasteiger partial charge in [0.1, 0.15) is 0 Å². The SMILES string of the molecule is Cn1ccc(CC(O)c2ccc3ncccc3c2)n1. The van der Waals surface area contributed by atoms with Gasteiger partial charge in [0.15, 0.2) is 0 Å². The van der Waals surface area contributed by atoms with E-state index < -0.39 is 6.10 Å². The first-order valence-corrected chi connectivity index (χ1v) is 6.23. The summed E-state index contributed by atoms with van der Waals surface area (Å²) in [5.41, 5.74) is 2.73. The molecule has 96 valence electrons. The Hall–Kier alpha value is -2.20. The van der Waals surface area contributed by atoms with E-state index in [2.05, 4.69) is 10.1 Å².